The number of non-ortho nitro benzene ring substituents is 1. The van der Waals surface area contributed by atoms with Gasteiger partial charge in [0.2, 0.25) is 11.8 Å². The van der Waals surface area contributed by atoms with Crippen LogP contribution in [0.1, 0.15) is 23.3 Å². The van der Waals surface area contributed by atoms with Crippen LogP contribution in [0.4, 0.5) is 11.4 Å². The summed E-state index contributed by atoms with van der Waals surface area (Å²) in [5.41, 5.74) is 0.829. The number of thioether (sulfide) groups is 1. The zero-order valence-corrected chi connectivity index (χ0v) is 18.9. The number of hydrogen-bond acceptors (Lipinski definition) is 8. The number of ether oxygens (including phenoxy) is 1. The maximum absolute atomic E-state index is 13.6. The molecular formula is C22H17N3O6S2. The molecule has 3 heterocycles. The van der Waals surface area contributed by atoms with Crippen LogP contribution in [-0.2, 0) is 9.59 Å². The highest BCUT2D eigenvalue weighted by molar-refractivity contribution is 8.00. The summed E-state index contributed by atoms with van der Waals surface area (Å²) < 4.78 is 5.44. The van der Waals surface area contributed by atoms with Crippen LogP contribution in [0.25, 0.3) is 0 Å². The quantitative estimate of drug-likeness (QED) is 0.334. The standard InChI is InChI=1S/C22H17N3O6S2/c1-2-31-14-8-6-12(7-9-14)24-20(26)16-15(11-4-3-5-13(10-11)25(29)30)17-19(23-22(28)33-17)32-18(16)21(24)27/h3-10,15-16,18H,2H2,1H3,(H,23,28)/t15-,16+,18+/m0/s1. The number of aromatic amines is 1. The maximum atomic E-state index is 13.6. The molecule has 0 saturated carbocycles. The fraction of sp³-hybridized carbons (Fsp3) is 0.227. The van der Waals surface area contributed by atoms with E-state index in [4.69, 9.17) is 4.74 Å². The number of rotatable bonds is 5. The molecule has 2 amide bonds. The molecule has 5 rings (SSSR count). The number of thiazole rings is 1. The fourth-order valence-corrected chi connectivity index (χ4v) is 6.84. The van der Waals surface area contributed by atoms with Crippen molar-refractivity contribution in [2.75, 3.05) is 11.5 Å². The van der Waals surface area contributed by atoms with Gasteiger partial charge in [0.1, 0.15) is 11.0 Å². The summed E-state index contributed by atoms with van der Waals surface area (Å²) in [5, 5.41) is 11.1. The highest BCUT2D eigenvalue weighted by Crippen LogP contribution is 2.53. The molecule has 0 radical (unpaired) electrons. The van der Waals surface area contributed by atoms with Gasteiger partial charge in [0, 0.05) is 22.9 Å². The third kappa shape index (κ3) is 3.53. The van der Waals surface area contributed by atoms with Gasteiger partial charge < -0.3 is 9.72 Å². The van der Waals surface area contributed by atoms with Crippen LogP contribution in [-0.4, -0.2) is 33.6 Å². The number of amides is 2. The summed E-state index contributed by atoms with van der Waals surface area (Å²) >= 11 is 2.13. The molecule has 2 aliphatic heterocycles. The molecule has 1 aromatic heterocycles. The van der Waals surface area contributed by atoms with Gasteiger partial charge in [0.25, 0.3) is 5.69 Å². The Hall–Kier alpha value is -3.44. The molecule has 9 nitrogen and oxygen atoms in total. The normalized spacial score (nSPS) is 21.6. The van der Waals surface area contributed by atoms with E-state index in [-0.39, 0.29) is 16.5 Å². The Bertz CT molecular complexity index is 1330. The third-order valence-electron chi connectivity index (χ3n) is 5.67. The number of anilines is 1. The second-order valence-corrected chi connectivity index (χ2v) is 9.71. The van der Waals surface area contributed by atoms with Crippen molar-refractivity contribution in [1.82, 2.24) is 4.98 Å². The van der Waals surface area contributed by atoms with E-state index in [0.29, 0.717) is 33.5 Å². The van der Waals surface area contributed by atoms with Crippen LogP contribution in [0.2, 0.25) is 0 Å². The number of fused-ring (bicyclic) bond motifs is 2. The third-order valence-corrected chi connectivity index (χ3v) is 8.07. The first kappa shape index (κ1) is 21.4. The number of nitro groups is 1. The first-order valence-electron chi connectivity index (χ1n) is 10.1. The minimum Gasteiger partial charge on any atom is -0.494 e. The van der Waals surface area contributed by atoms with Crippen molar-refractivity contribution in [2.45, 2.75) is 23.1 Å². The van der Waals surface area contributed by atoms with Gasteiger partial charge in [0.15, 0.2) is 0 Å². The molecule has 2 aliphatic rings. The molecule has 1 N–H and O–H groups in total. The van der Waals surface area contributed by atoms with Gasteiger partial charge in [0.05, 0.1) is 28.2 Å². The number of aromatic nitrogens is 1. The van der Waals surface area contributed by atoms with E-state index in [9.17, 15) is 24.5 Å². The smallest absolute Gasteiger partial charge is 0.305 e. The number of benzene rings is 2. The van der Waals surface area contributed by atoms with E-state index in [2.05, 4.69) is 4.98 Å². The van der Waals surface area contributed by atoms with E-state index >= 15 is 0 Å². The van der Waals surface area contributed by atoms with E-state index < -0.39 is 27.9 Å². The number of nitrogens with zero attached hydrogens (tertiary/aromatic N) is 2. The molecule has 3 aromatic rings. The number of H-pyrrole nitrogens is 1. The Morgan fingerprint density at radius 3 is 2.58 bits per heavy atom. The van der Waals surface area contributed by atoms with Crippen LogP contribution < -0.4 is 14.5 Å². The maximum Gasteiger partial charge on any atom is 0.305 e. The largest absolute Gasteiger partial charge is 0.494 e. The summed E-state index contributed by atoms with van der Waals surface area (Å²) in [5.74, 6) is -1.60. The van der Waals surface area contributed by atoms with Crippen LogP contribution in [0.5, 0.6) is 5.75 Å². The summed E-state index contributed by atoms with van der Waals surface area (Å²) in [6.45, 7) is 2.35. The zero-order chi connectivity index (χ0) is 23.3. The summed E-state index contributed by atoms with van der Waals surface area (Å²) in [4.78, 5) is 54.2. The first-order valence-corrected chi connectivity index (χ1v) is 11.8. The highest BCUT2D eigenvalue weighted by atomic mass is 32.2. The lowest BCUT2D eigenvalue weighted by Gasteiger charge is -2.29. The van der Waals surface area contributed by atoms with E-state index in [0.717, 1.165) is 28.0 Å². The minimum atomic E-state index is -0.796. The van der Waals surface area contributed by atoms with Crippen molar-refractivity contribution in [1.29, 1.82) is 0 Å². The Labute approximate surface area is 195 Å². The van der Waals surface area contributed by atoms with Gasteiger partial charge >= 0.3 is 4.87 Å². The topological polar surface area (TPSA) is 123 Å². The lowest BCUT2D eigenvalue weighted by Crippen LogP contribution is -2.32. The predicted octanol–water partition coefficient (Wildman–Crippen LogP) is 3.54. The summed E-state index contributed by atoms with van der Waals surface area (Å²) in [7, 11) is 0. The molecule has 168 valence electrons. The highest BCUT2D eigenvalue weighted by Gasteiger charge is 2.56. The SMILES string of the molecule is CCOc1ccc(N2C(=O)[C@@H]3[C@H](c4cccc([N+](=O)[O-])c4)c4sc(=O)[nH]c4S[C@H]3C2=O)cc1. The lowest BCUT2D eigenvalue weighted by molar-refractivity contribution is -0.384. The van der Waals surface area contributed by atoms with E-state index in [1.165, 1.54) is 12.1 Å². The Morgan fingerprint density at radius 1 is 1.12 bits per heavy atom. The first-order chi connectivity index (χ1) is 15.9. The molecule has 0 bridgehead atoms. The second kappa shape index (κ2) is 8.16. The lowest BCUT2D eigenvalue weighted by atomic mass is 9.83. The van der Waals surface area contributed by atoms with Crippen molar-refractivity contribution in [3.05, 3.63) is 78.8 Å². The average molecular weight is 484 g/mol. The molecule has 33 heavy (non-hydrogen) atoms. The van der Waals surface area contributed by atoms with Crippen molar-refractivity contribution in [2.24, 2.45) is 5.92 Å². The van der Waals surface area contributed by atoms with Gasteiger partial charge in [-0.15, -0.1) is 0 Å². The molecule has 0 spiro atoms. The molecule has 0 unspecified atom stereocenters. The van der Waals surface area contributed by atoms with Crippen LogP contribution >= 0.6 is 23.1 Å². The Balaban J connectivity index is 1.60. The van der Waals surface area contributed by atoms with Crippen LogP contribution in [0.15, 0.2) is 58.4 Å². The van der Waals surface area contributed by atoms with Crippen molar-refractivity contribution in [3.8, 4) is 5.75 Å². The molecule has 1 saturated heterocycles. The molecule has 1 fully saturated rings. The van der Waals surface area contributed by atoms with E-state index in [1.807, 2.05) is 6.92 Å². The number of carbonyl (C=O) groups is 2. The Kier molecular flexibility index (Phi) is 5.29. The average Bonchev–Trinajstić information content (AvgIpc) is 3.29. The van der Waals surface area contributed by atoms with Crippen LogP contribution in [0.3, 0.4) is 0 Å². The van der Waals surface area contributed by atoms with Crippen molar-refractivity contribution >= 4 is 46.3 Å². The summed E-state index contributed by atoms with van der Waals surface area (Å²) in [6.07, 6.45) is 0. The fourth-order valence-electron chi connectivity index (χ4n) is 4.32. The molecule has 0 aliphatic carbocycles. The predicted molar refractivity (Wildman–Crippen MR) is 123 cm³/mol. The summed E-state index contributed by atoms with van der Waals surface area (Å²) in [6, 6.07) is 12.7. The minimum absolute atomic E-state index is 0.119. The molecule has 11 heteroatoms. The van der Waals surface area contributed by atoms with Gasteiger partial charge in [-0.3, -0.25) is 24.5 Å². The monoisotopic (exact) mass is 483 g/mol. The molecule has 3 atom stereocenters. The van der Waals surface area contributed by atoms with E-state index in [1.54, 1.807) is 36.4 Å². The number of nitrogens with one attached hydrogen (secondary N) is 1. The van der Waals surface area contributed by atoms with Crippen molar-refractivity contribution in [3.63, 3.8) is 0 Å². The van der Waals surface area contributed by atoms with Gasteiger partial charge in [-0.1, -0.05) is 35.2 Å². The molecular weight excluding hydrogens is 466 g/mol. The zero-order valence-electron chi connectivity index (χ0n) is 17.2. The van der Waals surface area contributed by atoms with Crippen molar-refractivity contribution < 1.29 is 19.2 Å². The molecule has 2 aromatic carbocycles. The van der Waals surface area contributed by atoms with Gasteiger partial charge in [-0.2, -0.15) is 0 Å². The number of carbonyl (C=O) groups excluding carboxylic acids is 2. The van der Waals surface area contributed by atoms with Gasteiger partial charge in [-0.25, -0.2) is 4.90 Å². The van der Waals surface area contributed by atoms with Gasteiger partial charge in [-0.05, 0) is 36.8 Å². The number of nitro benzene ring substituents is 1. The number of hydrogen-bond donors (Lipinski definition) is 1. The van der Waals surface area contributed by atoms with Crippen LogP contribution in [0, 0.1) is 16.0 Å². The number of imide groups is 1. The Morgan fingerprint density at radius 2 is 1.88 bits per heavy atom. The second-order valence-electron chi connectivity index (χ2n) is 7.54.